The minimum Gasteiger partial charge on any atom is -0.469 e. The number of carbonyl (C=O) groups is 3. The highest BCUT2D eigenvalue weighted by molar-refractivity contribution is 6.41. The lowest BCUT2D eigenvalue weighted by Gasteiger charge is -2.45. The molecule has 2 aromatic carbocycles. The second-order valence-corrected chi connectivity index (χ2v) is 10.8. The molecule has 0 radical (unpaired) electrons. The van der Waals surface area contributed by atoms with Gasteiger partial charge in [-0.15, -0.1) is 0 Å². The molecule has 196 valence electrons. The van der Waals surface area contributed by atoms with Gasteiger partial charge in [-0.3, -0.25) is 9.69 Å². The van der Waals surface area contributed by atoms with Crippen molar-refractivity contribution >= 4 is 52.8 Å². The van der Waals surface area contributed by atoms with Gasteiger partial charge in [0.15, 0.2) is 0 Å². The van der Waals surface area contributed by atoms with Crippen LogP contribution >= 0.6 is 34.8 Å². The Morgan fingerprint density at radius 1 is 1.14 bits per heavy atom. The molecule has 3 saturated heterocycles. The number of benzene rings is 2. The molecule has 2 bridgehead atoms. The first-order valence-electron chi connectivity index (χ1n) is 11.7. The van der Waals surface area contributed by atoms with Gasteiger partial charge in [0, 0.05) is 11.4 Å². The van der Waals surface area contributed by atoms with Crippen molar-refractivity contribution in [1.82, 2.24) is 4.90 Å². The lowest BCUT2D eigenvalue weighted by molar-refractivity contribution is -0.167. The molecular weight excluding hydrogens is 545 g/mol. The van der Waals surface area contributed by atoms with Crippen LogP contribution in [-0.4, -0.2) is 60.5 Å². The van der Waals surface area contributed by atoms with E-state index < -0.39 is 47.7 Å². The van der Waals surface area contributed by atoms with Crippen LogP contribution in [0, 0.1) is 5.92 Å². The van der Waals surface area contributed by atoms with E-state index in [1.807, 2.05) is 37.3 Å². The van der Waals surface area contributed by atoms with Gasteiger partial charge in [-0.1, -0.05) is 65.1 Å². The van der Waals surface area contributed by atoms with Gasteiger partial charge in [0.05, 0.1) is 40.8 Å². The van der Waals surface area contributed by atoms with E-state index >= 15 is 0 Å². The van der Waals surface area contributed by atoms with Crippen LogP contribution in [0.5, 0.6) is 0 Å². The van der Waals surface area contributed by atoms with Crippen molar-refractivity contribution in [3.8, 4) is 0 Å². The molecule has 0 unspecified atom stereocenters. The maximum Gasteiger partial charge on any atom is 0.411 e. The number of rotatable bonds is 6. The molecule has 3 fully saturated rings. The van der Waals surface area contributed by atoms with Gasteiger partial charge in [0.2, 0.25) is 0 Å². The Balaban J connectivity index is 1.49. The molecule has 3 aliphatic heterocycles. The van der Waals surface area contributed by atoms with Crippen molar-refractivity contribution in [2.24, 2.45) is 5.92 Å². The van der Waals surface area contributed by atoms with Crippen LogP contribution < -0.4 is 0 Å². The van der Waals surface area contributed by atoms with Crippen LogP contribution in [0.1, 0.15) is 41.7 Å². The Morgan fingerprint density at radius 2 is 1.81 bits per heavy atom. The third-order valence-electron chi connectivity index (χ3n) is 7.40. The quantitative estimate of drug-likeness (QED) is 0.337. The van der Waals surface area contributed by atoms with Gasteiger partial charge in [-0.05, 0) is 31.0 Å². The fraction of sp³-hybridized carbons (Fsp3) is 0.423. The van der Waals surface area contributed by atoms with Crippen LogP contribution in [-0.2, 0) is 23.7 Å². The molecule has 0 aliphatic carbocycles. The van der Waals surface area contributed by atoms with Crippen LogP contribution in [0.4, 0.5) is 4.79 Å². The number of esters is 2. The molecule has 0 spiro atoms. The van der Waals surface area contributed by atoms with E-state index in [9.17, 15) is 14.4 Å². The van der Waals surface area contributed by atoms with Crippen LogP contribution in [0.2, 0.25) is 15.1 Å². The molecule has 0 aromatic heterocycles. The third kappa shape index (κ3) is 4.54. The van der Waals surface area contributed by atoms with Crippen molar-refractivity contribution in [3.63, 3.8) is 0 Å². The second-order valence-electron chi connectivity index (χ2n) is 9.51. The van der Waals surface area contributed by atoms with Crippen molar-refractivity contribution in [2.45, 2.75) is 49.7 Å². The summed E-state index contributed by atoms with van der Waals surface area (Å²) in [7, 11) is 1.33. The zero-order valence-electron chi connectivity index (χ0n) is 20.0. The minimum atomic E-state index is -1.05. The summed E-state index contributed by atoms with van der Waals surface area (Å²) in [6.07, 6.45) is -0.380. The van der Waals surface area contributed by atoms with E-state index in [1.54, 1.807) is 0 Å². The fourth-order valence-electron chi connectivity index (χ4n) is 5.81. The maximum absolute atomic E-state index is 13.3. The summed E-state index contributed by atoms with van der Waals surface area (Å²) >= 11 is 18.4. The molecule has 37 heavy (non-hydrogen) atoms. The van der Waals surface area contributed by atoms with E-state index in [1.165, 1.54) is 24.1 Å². The van der Waals surface area contributed by atoms with Crippen molar-refractivity contribution < 1.29 is 33.3 Å². The largest absolute Gasteiger partial charge is 0.469 e. The Bertz CT molecular complexity index is 1220. The summed E-state index contributed by atoms with van der Waals surface area (Å²) in [5, 5.41) is 0.371. The molecule has 0 saturated carbocycles. The summed E-state index contributed by atoms with van der Waals surface area (Å²) < 4.78 is 22.8. The molecule has 11 heteroatoms. The summed E-state index contributed by atoms with van der Waals surface area (Å²) in [4.78, 5) is 40.6. The van der Waals surface area contributed by atoms with Crippen molar-refractivity contribution in [3.05, 3.63) is 68.7 Å². The zero-order chi connectivity index (χ0) is 26.5. The van der Waals surface area contributed by atoms with E-state index in [-0.39, 0.29) is 33.3 Å². The molecule has 6 atom stereocenters. The number of halogens is 3. The average Bonchev–Trinajstić information content (AvgIpc) is 3.33. The van der Waals surface area contributed by atoms with Crippen molar-refractivity contribution in [2.75, 3.05) is 13.7 Å². The molecule has 0 N–H and O–H groups in total. The highest BCUT2D eigenvalue weighted by Crippen LogP contribution is 2.52. The molecule has 8 nitrogen and oxygen atoms in total. The SMILES string of the molecule is COC(=O)[C@H]1C[C@H]2C[C@H]3OC(=O)N([C@@H](COC(=O)c4c(Cl)cc(Cl)cc4Cl)c4ccccc4)[C@H]3[C@]1(C)O2. The van der Waals surface area contributed by atoms with Gasteiger partial charge in [0.25, 0.3) is 0 Å². The molecule has 1 amide bonds. The summed E-state index contributed by atoms with van der Waals surface area (Å²) in [5.74, 6) is -1.75. The smallest absolute Gasteiger partial charge is 0.411 e. The normalized spacial score (nSPS) is 28.9. The number of hydrogen-bond donors (Lipinski definition) is 0. The Labute approximate surface area is 228 Å². The molecule has 2 aromatic rings. The van der Waals surface area contributed by atoms with Gasteiger partial charge in [-0.2, -0.15) is 0 Å². The van der Waals surface area contributed by atoms with Crippen LogP contribution in [0.3, 0.4) is 0 Å². The number of methoxy groups -OCH3 is 1. The lowest BCUT2D eigenvalue weighted by Crippen LogP contribution is -2.60. The number of ether oxygens (including phenoxy) is 4. The second kappa shape index (κ2) is 9.98. The van der Waals surface area contributed by atoms with E-state index in [0.717, 1.165) is 0 Å². The highest BCUT2D eigenvalue weighted by atomic mass is 35.5. The van der Waals surface area contributed by atoms with E-state index in [0.29, 0.717) is 18.4 Å². The Hall–Kier alpha value is -2.52. The predicted octanol–water partition coefficient (Wildman–Crippen LogP) is 5.47. The summed E-state index contributed by atoms with van der Waals surface area (Å²) in [6, 6.07) is 10.5. The minimum absolute atomic E-state index is 0.0289. The van der Waals surface area contributed by atoms with Crippen LogP contribution in [0.25, 0.3) is 0 Å². The fourth-order valence-corrected chi connectivity index (χ4v) is 6.78. The summed E-state index contributed by atoms with van der Waals surface area (Å²) in [5.41, 5.74) is -0.370. The average molecular weight is 569 g/mol. The molecule has 5 rings (SSSR count). The van der Waals surface area contributed by atoms with Crippen LogP contribution in [0.15, 0.2) is 42.5 Å². The number of carbonyl (C=O) groups excluding carboxylic acids is 3. The first-order chi connectivity index (χ1) is 17.6. The Morgan fingerprint density at radius 3 is 2.46 bits per heavy atom. The van der Waals surface area contributed by atoms with Gasteiger partial charge < -0.3 is 18.9 Å². The van der Waals surface area contributed by atoms with Gasteiger partial charge >= 0.3 is 18.0 Å². The first-order valence-corrected chi connectivity index (χ1v) is 12.9. The third-order valence-corrected chi connectivity index (χ3v) is 8.21. The Kier molecular flexibility index (Phi) is 7.04. The number of amides is 1. The standard InChI is InChI=1S/C26H24Cl3NO7/c1-26-16(23(31)34-2)10-15(37-26)11-20-22(26)30(25(33)36-20)19(13-6-4-3-5-7-13)12-35-24(32)21-17(28)8-14(27)9-18(21)29/h3-9,15-16,19-20,22H,10-12H2,1-2H3/t15-,16+,19-,20+,22+,26+/m0/s1. The number of nitrogens with zero attached hydrogens (tertiary/aromatic N) is 1. The highest BCUT2D eigenvalue weighted by Gasteiger charge is 2.66. The molecule has 3 heterocycles. The first kappa shape index (κ1) is 26.1. The van der Waals surface area contributed by atoms with E-state index in [2.05, 4.69) is 0 Å². The van der Waals surface area contributed by atoms with E-state index in [4.69, 9.17) is 53.8 Å². The monoisotopic (exact) mass is 567 g/mol. The predicted molar refractivity (Wildman–Crippen MR) is 135 cm³/mol. The topological polar surface area (TPSA) is 91.4 Å². The molecule has 3 aliphatic rings. The van der Waals surface area contributed by atoms with Gasteiger partial charge in [0.1, 0.15) is 24.4 Å². The zero-order valence-corrected chi connectivity index (χ0v) is 22.3. The van der Waals surface area contributed by atoms with Gasteiger partial charge in [-0.25, -0.2) is 9.59 Å². The maximum atomic E-state index is 13.3. The number of hydrogen-bond acceptors (Lipinski definition) is 7. The summed E-state index contributed by atoms with van der Waals surface area (Å²) in [6.45, 7) is 1.58. The van der Waals surface area contributed by atoms with Crippen molar-refractivity contribution in [1.29, 1.82) is 0 Å². The number of fused-ring (bicyclic) bond motifs is 4. The lowest BCUT2D eigenvalue weighted by atomic mass is 9.80. The molecular formula is C26H24Cl3NO7.